The molecule has 0 aliphatic heterocycles. The summed E-state index contributed by atoms with van der Waals surface area (Å²) in [4.78, 5) is 10.7. The lowest BCUT2D eigenvalue weighted by molar-refractivity contribution is -0.142. The lowest BCUT2D eigenvalue weighted by Crippen LogP contribution is -2.13. The van der Waals surface area contributed by atoms with E-state index in [1.54, 1.807) is 0 Å². The second-order valence-corrected chi connectivity index (χ2v) is 3.32. The molecule has 0 spiro atoms. The average Bonchev–Trinajstić information content (AvgIpc) is 2.03. The first kappa shape index (κ1) is 11.5. The van der Waals surface area contributed by atoms with Gasteiger partial charge in [-0.05, 0) is 12.8 Å². The lowest BCUT2D eigenvalue weighted by atomic mass is 9.97. The van der Waals surface area contributed by atoms with E-state index in [1.807, 2.05) is 6.92 Å². The van der Waals surface area contributed by atoms with Crippen molar-refractivity contribution in [2.24, 2.45) is 5.92 Å². The van der Waals surface area contributed by atoms with Crippen LogP contribution in [0.5, 0.6) is 0 Å². The van der Waals surface area contributed by atoms with E-state index in [0.29, 0.717) is 0 Å². The van der Waals surface area contributed by atoms with Crippen LogP contribution in [-0.2, 0) is 4.79 Å². The Morgan fingerprint density at radius 2 is 1.83 bits per heavy atom. The van der Waals surface area contributed by atoms with Gasteiger partial charge < -0.3 is 5.11 Å². The molecule has 0 heterocycles. The molecule has 0 saturated carbocycles. The van der Waals surface area contributed by atoms with E-state index in [2.05, 4.69) is 6.92 Å². The summed E-state index contributed by atoms with van der Waals surface area (Å²) in [5, 5.41) is 8.80. The largest absolute Gasteiger partial charge is 0.481 e. The molecule has 0 rings (SSSR count). The van der Waals surface area contributed by atoms with Crippen molar-refractivity contribution >= 4 is 5.97 Å². The lowest BCUT2D eigenvalue weighted by Gasteiger charge is -2.09. The monoisotopic (exact) mass is 172 g/mol. The number of unbranched alkanes of at least 4 members (excludes halogenated alkanes) is 2. The summed E-state index contributed by atoms with van der Waals surface area (Å²) in [6.45, 7) is 4.17. The molecular formula is C10H20O2. The SMILES string of the molecule is CCCCC[C@@H](CCC)C(=O)O. The number of hydrogen-bond acceptors (Lipinski definition) is 1. The summed E-state index contributed by atoms with van der Waals surface area (Å²) in [5.41, 5.74) is 0. The van der Waals surface area contributed by atoms with Crippen molar-refractivity contribution < 1.29 is 9.90 Å². The minimum atomic E-state index is -0.618. The van der Waals surface area contributed by atoms with Crippen LogP contribution in [0.15, 0.2) is 0 Å². The van der Waals surface area contributed by atoms with E-state index >= 15 is 0 Å². The molecule has 0 aliphatic carbocycles. The summed E-state index contributed by atoms with van der Waals surface area (Å²) in [7, 11) is 0. The quantitative estimate of drug-likeness (QED) is 0.599. The summed E-state index contributed by atoms with van der Waals surface area (Å²) < 4.78 is 0. The van der Waals surface area contributed by atoms with Crippen LogP contribution >= 0.6 is 0 Å². The third kappa shape index (κ3) is 5.16. The second-order valence-electron chi connectivity index (χ2n) is 3.32. The fourth-order valence-corrected chi connectivity index (χ4v) is 1.38. The average molecular weight is 172 g/mol. The highest BCUT2D eigenvalue weighted by atomic mass is 16.4. The van der Waals surface area contributed by atoms with Gasteiger partial charge in [0.2, 0.25) is 0 Å². The molecule has 0 aromatic carbocycles. The summed E-state index contributed by atoms with van der Waals surface area (Å²) in [5.74, 6) is -0.713. The van der Waals surface area contributed by atoms with E-state index in [9.17, 15) is 4.79 Å². The Hall–Kier alpha value is -0.530. The third-order valence-corrected chi connectivity index (χ3v) is 2.14. The first-order chi connectivity index (χ1) is 5.72. The van der Waals surface area contributed by atoms with Gasteiger partial charge in [-0.2, -0.15) is 0 Å². The molecule has 0 aromatic heterocycles. The molecule has 0 fully saturated rings. The fourth-order valence-electron chi connectivity index (χ4n) is 1.38. The van der Waals surface area contributed by atoms with Crippen molar-refractivity contribution in [3.8, 4) is 0 Å². The van der Waals surface area contributed by atoms with Crippen LogP contribution < -0.4 is 0 Å². The molecule has 12 heavy (non-hydrogen) atoms. The number of aliphatic carboxylic acids is 1. The standard InChI is InChI=1S/C10H20O2/c1-3-5-6-8-9(7-4-2)10(11)12/h9H,3-8H2,1-2H3,(H,11,12)/t9-/m1/s1. The van der Waals surface area contributed by atoms with Crippen LogP contribution in [0.4, 0.5) is 0 Å². The molecule has 1 N–H and O–H groups in total. The highest BCUT2D eigenvalue weighted by molar-refractivity contribution is 5.69. The van der Waals surface area contributed by atoms with Gasteiger partial charge in [-0.25, -0.2) is 0 Å². The Morgan fingerprint density at radius 3 is 2.25 bits per heavy atom. The van der Waals surface area contributed by atoms with Crippen molar-refractivity contribution in [3.63, 3.8) is 0 Å². The Kier molecular flexibility index (Phi) is 6.82. The zero-order chi connectivity index (χ0) is 9.40. The molecule has 1 atom stereocenters. The smallest absolute Gasteiger partial charge is 0.306 e. The highest BCUT2D eigenvalue weighted by Crippen LogP contribution is 2.15. The van der Waals surface area contributed by atoms with Crippen LogP contribution in [0.1, 0.15) is 52.4 Å². The van der Waals surface area contributed by atoms with Gasteiger partial charge in [0.15, 0.2) is 0 Å². The minimum absolute atomic E-state index is 0.0958. The van der Waals surface area contributed by atoms with Gasteiger partial charge in [0, 0.05) is 0 Å². The van der Waals surface area contributed by atoms with Gasteiger partial charge in [-0.1, -0.05) is 39.5 Å². The molecule has 0 radical (unpaired) electrons. The predicted octanol–water partition coefficient (Wildman–Crippen LogP) is 3.07. The van der Waals surface area contributed by atoms with Crippen LogP contribution in [0, 0.1) is 5.92 Å². The molecule has 2 nitrogen and oxygen atoms in total. The van der Waals surface area contributed by atoms with Crippen molar-refractivity contribution in [1.29, 1.82) is 0 Å². The molecule has 0 unspecified atom stereocenters. The minimum Gasteiger partial charge on any atom is -0.481 e. The molecule has 0 saturated heterocycles. The van der Waals surface area contributed by atoms with Crippen molar-refractivity contribution in [3.05, 3.63) is 0 Å². The van der Waals surface area contributed by atoms with Gasteiger partial charge in [-0.15, -0.1) is 0 Å². The predicted molar refractivity (Wildman–Crippen MR) is 50.2 cm³/mol. The van der Waals surface area contributed by atoms with Crippen molar-refractivity contribution in [2.45, 2.75) is 52.4 Å². The molecular weight excluding hydrogens is 152 g/mol. The molecule has 0 amide bonds. The van der Waals surface area contributed by atoms with E-state index in [0.717, 1.165) is 32.1 Å². The first-order valence-electron chi connectivity index (χ1n) is 4.95. The van der Waals surface area contributed by atoms with Gasteiger partial charge in [0.1, 0.15) is 0 Å². The number of carbonyl (C=O) groups is 1. The Balaban J connectivity index is 3.56. The summed E-state index contributed by atoms with van der Waals surface area (Å²) in [6, 6.07) is 0. The Labute approximate surface area is 75.0 Å². The van der Waals surface area contributed by atoms with Gasteiger partial charge in [0.05, 0.1) is 5.92 Å². The zero-order valence-electron chi connectivity index (χ0n) is 8.18. The summed E-state index contributed by atoms with van der Waals surface area (Å²) >= 11 is 0. The van der Waals surface area contributed by atoms with E-state index in [-0.39, 0.29) is 5.92 Å². The Bertz CT molecular complexity index is 121. The number of rotatable bonds is 7. The van der Waals surface area contributed by atoms with Crippen LogP contribution in [0.3, 0.4) is 0 Å². The van der Waals surface area contributed by atoms with E-state index < -0.39 is 5.97 Å². The first-order valence-corrected chi connectivity index (χ1v) is 4.95. The second kappa shape index (κ2) is 7.14. The van der Waals surface area contributed by atoms with Crippen molar-refractivity contribution in [1.82, 2.24) is 0 Å². The fraction of sp³-hybridized carbons (Fsp3) is 0.900. The maximum absolute atomic E-state index is 10.7. The highest BCUT2D eigenvalue weighted by Gasteiger charge is 2.14. The van der Waals surface area contributed by atoms with E-state index in [4.69, 9.17) is 5.11 Å². The molecule has 2 heteroatoms. The molecule has 0 aromatic rings. The van der Waals surface area contributed by atoms with E-state index in [1.165, 1.54) is 6.42 Å². The molecule has 0 bridgehead atoms. The topological polar surface area (TPSA) is 37.3 Å². The van der Waals surface area contributed by atoms with Gasteiger partial charge >= 0.3 is 5.97 Å². The molecule has 0 aliphatic rings. The number of hydrogen-bond donors (Lipinski definition) is 1. The number of carboxylic acid groups (broad SMARTS) is 1. The number of carboxylic acids is 1. The Morgan fingerprint density at radius 1 is 1.17 bits per heavy atom. The maximum atomic E-state index is 10.7. The van der Waals surface area contributed by atoms with Crippen LogP contribution in [0.2, 0.25) is 0 Å². The third-order valence-electron chi connectivity index (χ3n) is 2.14. The van der Waals surface area contributed by atoms with Crippen LogP contribution in [0.25, 0.3) is 0 Å². The summed E-state index contributed by atoms with van der Waals surface area (Å²) in [6.07, 6.45) is 6.05. The van der Waals surface area contributed by atoms with Gasteiger partial charge in [0.25, 0.3) is 0 Å². The maximum Gasteiger partial charge on any atom is 0.306 e. The normalized spacial score (nSPS) is 12.8. The molecule has 72 valence electrons. The zero-order valence-corrected chi connectivity index (χ0v) is 8.18. The van der Waals surface area contributed by atoms with Crippen molar-refractivity contribution in [2.75, 3.05) is 0 Å². The van der Waals surface area contributed by atoms with Crippen LogP contribution in [-0.4, -0.2) is 11.1 Å². The van der Waals surface area contributed by atoms with Gasteiger partial charge in [-0.3, -0.25) is 4.79 Å².